The summed E-state index contributed by atoms with van der Waals surface area (Å²) >= 11 is 0. The SMILES string of the molecule is CC(=O)c1cccc2c(C3CC3)nn(C)c12. The van der Waals surface area contributed by atoms with Crippen LogP contribution in [0.15, 0.2) is 18.2 Å². The molecule has 1 heterocycles. The third-order valence-corrected chi connectivity index (χ3v) is 3.24. The van der Waals surface area contributed by atoms with E-state index in [4.69, 9.17) is 0 Å². The van der Waals surface area contributed by atoms with Crippen molar-refractivity contribution in [1.29, 1.82) is 0 Å². The molecule has 3 rings (SSSR count). The number of Topliss-reactive ketones (excluding diaryl/α,β-unsaturated/α-hetero) is 1. The van der Waals surface area contributed by atoms with Crippen LogP contribution >= 0.6 is 0 Å². The molecular weight excluding hydrogens is 200 g/mol. The molecule has 0 unspecified atom stereocenters. The van der Waals surface area contributed by atoms with Crippen molar-refractivity contribution in [2.75, 3.05) is 0 Å². The molecule has 16 heavy (non-hydrogen) atoms. The second-order valence-corrected chi connectivity index (χ2v) is 4.54. The maximum atomic E-state index is 11.6. The number of carbonyl (C=O) groups is 1. The van der Waals surface area contributed by atoms with Crippen molar-refractivity contribution in [3.8, 4) is 0 Å². The van der Waals surface area contributed by atoms with Gasteiger partial charge in [-0.2, -0.15) is 5.10 Å². The highest BCUT2D eigenvalue weighted by Gasteiger charge is 2.29. The number of aryl methyl sites for hydroxylation is 1. The molecule has 0 saturated heterocycles. The minimum Gasteiger partial charge on any atom is -0.294 e. The maximum Gasteiger partial charge on any atom is 0.161 e. The first kappa shape index (κ1) is 9.58. The summed E-state index contributed by atoms with van der Waals surface area (Å²) < 4.78 is 1.85. The highest BCUT2D eigenvalue weighted by atomic mass is 16.1. The number of nitrogens with zero attached hydrogens (tertiary/aromatic N) is 2. The zero-order valence-electron chi connectivity index (χ0n) is 9.53. The number of benzene rings is 1. The summed E-state index contributed by atoms with van der Waals surface area (Å²) in [5, 5.41) is 5.71. The quantitative estimate of drug-likeness (QED) is 0.720. The predicted octanol–water partition coefficient (Wildman–Crippen LogP) is 2.65. The van der Waals surface area contributed by atoms with Gasteiger partial charge in [-0.1, -0.05) is 12.1 Å². The molecule has 1 saturated carbocycles. The summed E-state index contributed by atoms with van der Waals surface area (Å²) in [4.78, 5) is 11.6. The van der Waals surface area contributed by atoms with E-state index in [0.717, 1.165) is 16.5 Å². The van der Waals surface area contributed by atoms with Crippen molar-refractivity contribution in [1.82, 2.24) is 9.78 Å². The van der Waals surface area contributed by atoms with E-state index in [1.54, 1.807) is 6.92 Å². The smallest absolute Gasteiger partial charge is 0.161 e. The number of rotatable bonds is 2. The predicted molar refractivity (Wildman–Crippen MR) is 62.7 cm³/mol. The summed E-state index contributed by atoms with van der Waals surface area (Å²) in [6, 6.07) is 5.90. The van der Waals surface area contributed by atoms with Gasteiger partial charge in [0.2, 0.25) is 0 Å². The molecule has 2 aromatic rings. The zero-order chi connectivity index (χ0) is 11.3. The summed E-state index contributed by atoms with van der Waals surface area (Å²) in [6.45, 7) is 1.61. The van der Waals surface area contributed by atoms with Crippen molar-refractivity contribution in [2.45, 2.75) is 25.7 Å². The molecule has 1 aliphatic rings. The Morgan fingerprint density at radius 2 is 2.19 bits per heavy atom. The van der Waals surface area contributed by atoms with Crippen molar-refractivity contribution in [2.24, 2.45) is 7.05 Å². The van der Waals surface area contributed by atoms with Gasteiger partial charge in [0.15, 0.2) is 5.78 Å². The Bertz CT molecular complexity index is 579. The summed E-state index contributed by atoms with van der Waals surface area (Å²) in [5.74, 6) is 0.724. The lowest BCUT2D eigenvalue weighted by atomic mass is 10.1. The summed E-state index contributed by atoms with van der Waals surface area (Å²) in [7, 11) is 1.92. The minimum absolute atomic E-state index is 0.107. The minimum atomic E-state index is 0.107. The van der Waals surface area contributed by atoms with Crippen molar-refractivity contribution >= 4 is 16.7 Å². The molecule has 1 aromatic heterocycles. The average molecular weight is 214 g/mol. The fourth-order valence-electron chi connectivity index (χ4n) is 2.31. The first-order valence-electron chi connectivity index (χ1n) is 5.65. The van der Waals surface area contributed by atoms with Crippen LogP contribution in [0, 0.1) is 0 Å². The van der Waals surface area contributed by atoms with Crippen molar-refractivity contribution in [3.05, 3.63) is 29.5 Å². The van der Waals surface area contributed by atoms with Gasteiger partial charge in [-0.15, -0.1) is 0 Å². The number of aromatic nitrogens is 2. The Hall–Kier alpha value is -1.64. The van der Waals surface area contributed by atoms with Gasteiger partial charge in [0.05, 0.1) is 11.2 Å². The van der Waals surface area contributed by atoms with Gasteiger partial charge in [-0.3, -0.25) is 9.48 Å². The average Bonchev–Trinajstić information content (AvgIpc) is 3.04. The molecular formula is C13H14N2O. The number of carbonyl (C=O) groups excluding carboxylic acids is 1. The summed E-state index contributed by atoms with van der Waals surface area (Å²) in [6.07, 6.45) is 2.47. The van der Waals surface area contributed by atoms with Crippen LogP contribution in [0.25, 0.3) is 10.9 Å². The molecule has 0 amide bonds. The molecule has 3 heteroatoms. The van der Waals surface area contributed by atoms with Crippen LogP contribution in [0.1, 0.15) is 41.7 Å². The fourth-order valence-corrected chi connectivity index (χ4v) is 2.31. The maximum absolute atomic E-state index is 11.6. The van der Waals surface area contributed by atoms with E-state index in [2.05, 4.69) is 11.2 Å². The molecule has 0 aliphatic heterocycles. The van der Waals surface area contributed by atoms with E-state index in [9.17, 15) is 4.79 Å². The molecule has 1 aromatic carbocycles. The van der Waals surface area contributed by atoms with Crippen LogP contribution in [-0.4, -0.2) is 15.6 Å². The number of hydrogen-bond acceptors (Lipinski definition) is 2. The number of fused-ring (bicyclic) bond motifs is 1. The van der Waals surface area contributed by atoms with E-state index in [0.29, 0.717) is 5.92 Å². The Balaban J connectivity index is 2.35. The lowest BCUT2D eigenvalue weighted by Gasteiger charge is -2.00. The molecule has 0 N–H and O–H groups in total. The second kappa shape index (κ2) is 3.17. The van der Waals surface area contributed by atoms with E-state index in [-0.39, 0.29) is 5.78 Å². The van der Waals surface area contributed by atoms with Gasteiger partial charge in [0.1, 0.15) is 0 Å². The molecule has 82 valence electrons. The van der Waals surface area contributed by atoms with Crippen molar-refractivity contribution < 1.29 is 4.79 Å². The van der Waals surface area contributed by atoms with E-state index in [1.165, 1.54) is 18.5 Å². The van der Waals surface area contributed by atoms with E-state index < -0.39 is 0 Å². The molecule has 0 atom stereocenters. The third kappa shape index (κ3) is 1.28. The molecule has 0 spiro atoms. The van der Waals surface area contributed by atoms with Crippen LogP contribution in [0.5, 0.6) is 0 Å². The fraction of sp³-hybridized carbons (Fsp3) is 0.385. The molecule has 0 bridgehead atoms. The normalized spacial score (nSPS) is 15.6. The summed E-state index contributed by atoms with van der Waals surface area (Å²) in [5.41, 5.74) is 2.93. The van der Waals surface area contributed by atoms with Crippen LogP contribution in [0.3, 0.4) is 0 Å². The van der Waals surface area contributed by atoms with Gasteiger partial charge in [0.25, 0.3) is 0 Å². The van der Waals surface area contributed by atoms with Gasteiger partial charge in [-0.25, -0.2) is 0 Å². The van der Waals surface area contributed by atoms with Crippen molar-refractivity contribution in [3.63, 3.8) is 0 Å². The Morgan fingerprint density at radius 3 is 2.81 bits per heavy atom. The molecule has 1 fully saturated rings. The van der Waals surface area contributed by atoms with Crippen LogP contribution in [0.4, 0.5) is 0 Å². The highest BCUT2D eigenvalue weighted by molar-refractivity contribution is 6.06. The number of para-hydroxylation sites is 1. The Labute approximate surface area is 94.1 Å². The van der Waals surface area contributed by atoms with Gasteiger partial charge in [-0.05, 0) is 25.8 Å². The first-order chi connectivity index (χ1) is 7.68. The monoisotopic (exact) mass is 214 g/mol. The molecule has 3 nitrogen and oxygen atoms in total. The van der Waals surface area contributed by atoms with E-state index >= 15 is 0 Å². The highest BCUT2D eigenvalue weighted by Crippen LogP contribution is 2.42. The molecule has 0 radical (unpaired) electrons. The van der Waals surface area contributed by atoms with Crippen LogP contribution < -0.4 is 0 Å². The lowest BCUT2D eigenvalue weighted by Crippen LogP contribution is -1.98. The van der Waals surface area contributed by atoms with Gasteiger partial charge < -0.3 is 0 Å². The molecule has 1 aliphatic carbocycles. The van der Waals surface area contributed by atoms with Gasteiger partial charge >= 0.3 is 0 Å². The van der Waals surface area contributed by atoms with E-state index in [1.807, 2.05) is 23.9 Å². The van der Waals surface area contributed by atoms with Crippen LogP contribution in [0.2, 0.25) is 0 Å². The number of ketones is 1. The third-order valence-electron chi connectivity index (χ3n) is 3.24. The Morgan fingerprint density at radius 1 is 1.44 bits per heavy atom. The largest absolute Gasteiger partial charge is 0.294 e. The number of hydrogen-bond donors (Lipinski definition) is 0. The standard InChI is InChI=1S/C13H14N2O/c1-8(16)10-4-3-5-11-12(9-6-7-9)14-15(2)13(10)11/h3-5,9H,6-7H2,1-2H3. The topological polar surface area (TPSA) is 34.9 Å². The second-order valence-electron chi connectivity index (χ2n) is 4.54. The Kier molecular flexibility index (Phi) is 1.90. The lowest BCUT2D eigenvalue weighted by molar-refractivity contribution is 0.101. The first-order valence-corrected chi connectivity index (χ1v) is 5.65. The van der Waals surface area contributed by atoms with Crippen LogP contribution in [-0.2, 0) is 7.05 Å². The zero-order valence-corrected chi connectivity index (χ0v) is 9.53. The van der Waals surface area contributed by atoms with Gasteiger partial charge in [0, 0.05) is 23.9 Å².